The van der Waals surface area contributed by atoms with E-state index in [1.54, 1.807) is 11.9 Å². The summed E-state index contributed by atoms with van der Waals surface area (Å²) >= 11 is 3.45. The van der Waals surface area contributed by atoms with E-state index in [9.17, 15) is 9.59 Å². The van der Waals surface area contributed by atoms with Gasteiger partial charge in [0.25, 0.3) is 0 Å². The van der Waals surface area contributed by atoms with Gasteiger partial charge in [0.2, 0.25) is 11.8 Å². The third kappa shape index (κ3) is 6.36. The average Bonchev–Trinajstić information content (AvgIpc) is 2.40. The molecule has 0 aliphatic carbocycles. The fraction of sp³-hybridized carbons (Fsp3) is 0.385. The molecule has 1 rings (SSSR count). The molecule has 7 heteroatoms. The van der Waals surface area contributed by atoms with Gasteiger partial charge in [0.15, 0.2) is 0 Å². The number of carbonyl (C=O) groups is 2. The Hall–Kier alpha value is -1.11. The van der Waals surface area contributed by atoms with Crippen molar-refractivity contribution in [2.75, 3.05) is 20.1 Å². The van der Waals surface area contributed by atoms with Crippen molar-refractivity contribution in [3.63, 3.8) is 0 Å². The quantitative estimate of drug-likeness (QED) is 0.799. The molecule has 0 heterocycles. The zero-order valence-electron chi connectivity index (χ0n) is 11.3. The molecule has 0 atom stereocenters. The molecule has 1 aromatic rings. The van der Waals surface area contributed by atoms with Gasteiger partial charge < -0.3 is 16.0 Å². The van der Waals surface area contributed by atoms with E-state index in [2.05, 4.69) is 21.2 Å². The van der Waals surface area contributed by atoms with Gasteiger partial charge in [-0.05, 0) is 11.6 Å². The van der Waals surface area contributed by atoms with Gasteiger partial charge in [-0.2, -0.15) is 0 Å². The van der Waals surface area contributed by atoms with Crippen molar-refractivity contribution in [2.24, 2.45) is 5.73 Å². The summed E-state index contributed by atoms with van der Waals surface area (Å²) in [7, 11) is 1.74. The van der Waals surface area contributed by atoms with Gasteiger partial charge >= 0.3 is 0 Å². The first-order chi connectivity index (χ1) is 9.04. The minimum absolute atomic E-state index is 0. The van der Waals surface area contributed by atoms with E-state index in [1.165, 1.54) is 0 Å². The number of benzene rings is 1. The smallest absolute Gasteiger partial charge is 0.233 e. The van der Waals surface area contributed by atoms with Gasteiger partial charge in [-0.25, -0.2) is 0 Å². The first-order valence-corrected chi connectivity index (χ1v) is 6.78. The fourth-order valence-electron chi connectivity index (χ4n) is 1.54. The predicted octanol–water partition coefficient (Wildman–Crippen LogP) is 1.29. The average molecular weight is 365 g/mol. The van der Waals surface area contributed by atoms with Crippen LogP contribution in [0.3, 0.4) is 0 Å². The molecule has 0 radical (unpaired) electrons. The number of nitrogens with two attached hydrogens (primary N) is 1. The van der Waals surface area contributed by atoms with Gasteiger partial charge in [0, 0.05) is 31.0 Å². The number of hydrogen-bond donors (Lipinski definition) is 2. The first-order valence-electron chi connectivity index (χ1n) is 5.98. The summed E-state index contributed by atoms with van der Waals surface area (Å²) in [5.41, 5.74) is 6.20. The van der Waals surface area contributed by atoms with E-state index in [0.29, 0.717) is 13.1 Å². The summed E-state index contributed by atoms with van der Waals surface area (Å²) < 4.78 is 0.978. The molecule has 0 saturated heterocycles. The molecule has 112 valence electrons. The lowest BCUT2D eigenvalue weighted by molar-refractivity contribution is -0.130. The second-order valence-electron chi connectivity index (χ2n) is 4.15. The van der Waals surface area contributed by atoms with Crippen LogP contribution in [0.1, 0.15) is 12.0 Å². The summed E-state index contributed by atoms with van der Waals surface area (Å²) in [6, 6.07) is 7.76. The van der Waals surface area contributed by atoms with Crippen LogP contribution in [0.2, 0.25) is 0 Å². The second kappa shape index (κ2) is 9.74. The standard InChI is InChI=1S/C13H18BrN3O2.ClH/c1-17(9-10-4-2-3-5-11(10)14)13(19)6-7-16-12(18)8-15;/h2-5H,6-9,15H2,1H3,(H,16,18);1H. The Bertz CT molecular complexity index is 457. The zero-order valence-corrected chi connectivity index (χ0v) is 13.7. The molecular weight excluding hydrogens is 346 g/mol. The lowest BCUT2D eigenvalue weighted by Gasteiger charge is -2.18. The highest BCUT2D eigenvalue weighted by Crippen LogP contribution is 2.17. The minimum atomic E-state index is -0.249. The molecule has 0 unspecified atom stereocenters. The third-order valence-electron chi connectivity index (χ3n) is 2.64. The van der Waals surface area contributed by atoms with Crippen LogP contribution in [-0.2, 0) is 16.1 Å². The lowest BCUT2D eigenvalue weighted by Crippen LogP contribution is -2.34. The summed E-state index contributed by atoms with van der Waals surface area (Å²) in [6.45, 7) is 0.793. The van der Waals surface area contributed by atoms with Crippen LogP contribution in [0, 0.1) is 0 Å². The SMILES string of the molecule is CN(Cc1ccccc1Br)C(=O)CCNC(=O)CN.Cl. The molecule has 0 spiro atoms. The highest BCUT2D eigenvalue weighted by molar-refractivity contribution is 9.10. The van der Waals surface area contributed by atoms with Crippen molar-refractivity contribution in [3.8, 4) is 0 Å². The highest BCUT2D eigenvalue weighted by atomic mass is 79.9. The van der Waals surface area contributed by atoms with Crippen molar-refractivity contribution in [1.82, 2.24) is 10.2 Å². The molecule has 5 nitrogen and oxygen atoms in total. The maximum absolute atomic E-state index is 11.9. The van der Waals surface area contributed by atoms with Crippen LogP contribution in [0.4, 0.5) is 0 Å². The van der Waals surface area contributed by atoms with E-state index in [0.717, 1.165) is 10.0 Å². The van der Waals surface area contributed by atoms with Crippen molar-refractivity contribution >= 4 is 40.2 Å². The predicted molar refractivity (Wildman–Crippen MR) is 84.5 cm³/mol. The monoisotopic (exact) mass is 363 g/mol. The van der Waals surface area contributed by atoms with E-state index < -0.39 is 0 Å². The molecule has 1 aromatic carbocycles. The van der Waals surface area contributed by atoms with Gasteiger partial charge in [-0.3, -0.25) is 9.59 Å². The molecule has 20 heavy (non-hydrogen) atoms. The number of halogens is 2. The number of amides is 2. The summed E-state index contributed by atoms with van der Waals surface area (Å²) in [4.78, 5) is 24.4. The minimum Gasteiger partial charge on any atom is -0.354 e. The van der Waals surface area contributed by atoms with Gasteiger partial charge in [-0.1, -0.05) is 34.1 Å². The Kier molecular flexibility index (Phi) is 9.20. The van der Waals surface area contributed by atoms with Gasteiger partial charge in [0.05, 0.1) is 6.54 Å². The molecule has 0 aromatic heterocycles. The van der Waals surface area contributed by atoms with Crippen LogP contribution in [0.5, 0.6) is 0 Å². The number of carbonyl (C=O) groups excluding carboxylic acids is 2. The van der Waals surface area contributed by atoms with Crippen LogP contribution in [0.15, 0.2) is 28.7 Å². The fourth-order valence-corrected chi connectivity index (χ4v) is 1.95. The molecule has 0 aliphatic rings. The summed E-state index contributed by atoms with van der Waals surface area (Å²) in [5, 5.41) is 2.57. The molecule has 0 fully saturated rings. The highest BCUT2D eigenvalue weighted by Gasteiger charge is 2.10. The first kappa shape index (κ1) is 18.9. The maximum atomic E-state index is 11.9. The van der Waals surface area contributed by atoms with Crippen molar-refractivity contribution in [2.45, 2.75) is 13.0 Å². The number of nitrogens with zero attached hydrogens (tertiary/aromatic N) is 1. The third-order valence-corrected chi connectivity index (χ3v) is 3.41. The van der Waals surface area contributed by atoms with E-state index in [-0.39, 0.29) is 37.2 Å². The Labute approximate surface area is 133 Å². The van der Waals surface area contributed by atoms with Crippen molar-refractivity contribution in [3.05, 3.63) is 34.3 Å². The van der Waals surface area contributed by atoms with E-state index in [1.807, 2.05) is 24.3 Å². The zero-order chi connectivity index (χ0) is 14.3. The van der Waals surface area contributed by atoms with E-state index >= 15 is 0 Å². The van der Waals surface area contributed by atoms with Crippen molar-refractivity contribution < 1.29 is 9.59 Å². The lowest BCUT2D eigenvalue weighted by atomic mass is 10.2. The van der Waals surface area contributed by atoms with Crippen LogP contribution in [-0.4, -0.2) is 36.9 Å². The van der Waals surface area contributed by atoms with Crippen LogP contribution in [0.25, 0.3) is 0 Å². The molecule has 0 bridgehead atoms. The van der Waals surface area contributed by atoms with Gasteiger partial charge in [-0.15, -0.1) is 12.4 Å². The summed E-state index contributed by atoms with van der Waals surface area (Å²) in [5.74, 6) is -0.269. The molecule has 0 aliphatic heterocycles. The Morgan fingerprint density at radius 3 is 2.60 bits per heavy atom. The Morgan fingerprint density at radius 1 is 1.35 bits per heavy atom. The Morgan fingerprint density at radius 2 is 2.00 bits per heavy atom. The maximum Gasteiger partial charge on any atom is 0.233 e. The van der Waals surface area contributed by atoms with Crippen LogP contribution >= 0.6 is 28.3 Å². The summed E-state index contributed by atoms with van der Waals surface area (Å²) in [6.07, 6.45) is 0.271. The molecule has 3 N–H and O–H groups in total. The van der Waals surface area contributed by atoms with Crippen LogP contribution < -0.4 is 11.1 Å². The Balaban J connectivity index is 0.00000361. The molecule has 0 saturated carbocycles. The van der Waals surface area contributed by atoms with Crippen molar-refractivity contribution in [1.29, 1.82) is 0 Å². The number of hydrogen-bond acceptors (Lipinski definition) is 3. The molecular formula is C13H19BrClN3O2. The molecule has 2 amide bonds. The normalized spacial score (nSPS) is 9.55. The van der Waals surface area contributed by atoms with E-state index in [4.69, 9.17) is 5.73 Å². The number of rotatable bonds is 6. The second-order valence-corrected chi connectivity index (χ2v) is 5.00. The van der Waals surface area contributed by atoms with Gasteiger partial charge in [0.1, 0.15) is 0 Å². The topological polar surface area (TPSA) is 75.4 Å². The number of nitrogens with one attached hydrogen (secondary N) is 1. The largest absolute Gasteiger partial charge is 0.354 e.